The van der Waals surface area contributed by atoms with Crippen LogP contribution in [0.25, 0.3) is 16.9 Å². The van der Waals surface area contributed by atoms with E-state index < -0.39 is 17.4 Å². The van der Waals surface area contributed by atoms with Gasteiger partial charge in [0.1, 0.15) is 12.0 Å². The minimum Gasteiger partial charge on any atom is -0.447 e. The predicted molar refractivity (Wildman–Crippen MR) is 80.4 cm³/mol. The molecule has 0 atom stereocenters. The van der Waals surface area contributed by atoms with Gasteiger partial charge in [0, 0.05) is 0 Å². The predicted octanol–water partition coefficient (Wildman–Crippen LogP) is 1.39. The van der Waals surface area contributed by atoms with Gasteiger partial charge in [0.15, 0.2) is 22.6 Å². The van der Waals surface area contributed by atoms with Gasteiger partial charge in [0.25, 0.3) is 0 Å². The number of ether oxygens (including phenoxy) is 1. The molecule has 0 saturated heterocycles. The summed E-state index contributed by atoms with van der Waals surface area (Å²) in [6.07, 6.45) is 5.25. The molecular weight excluding hydrogens is 303 g/mol. The number of halogens is 1. The highest BCUT2D eigenvalue weighted by atomic mass is 19.1. The summed E-state index contributed by atoms with van der Waals surface area (Å²) in [5.74, 6) is -1.79. The number of nitrogen functional groups attached to an aromatic ring is 2. The number of hydrogen-bond acceptors (Lipinski definition) is 7. The molecule has 4 N–H and O–H groups in total. The number of nitrogens with two attached hydrogens (primary N) is 2. The summed E-state index contributed by atoms with van der Waals surface area (Å²) in [5, 5.41) is 0. The van der Waals surface area contributed by atoms with Crippen LogP contribution in [-0.4, -0.2) is 31.1 Å². The Kier molecular flexibility index (Phi) is 2.81. The number of aromatic nitrogens is 4. The molecule has 23 heavy (non-hydrogen) atoms. The summed E-state index contributed by atoms with van der Waals surface area (Å²) in [6, 6.07) is 0. The van der Waals surface area contributed by atoms with E-state index in [-0.39, 0.29) is 23.1 Å². The van der Waals surface area contributed by atoms with Gasteiger partial charge in [0.05, 0.1) is 0 Å². The molecule has 3 heterocycles. The lowest BCUT2D eigenvalue weighted by Crippen LogP contribution is -2.35. The Labute approximate surface area is 130 Å². The standard InChI is InChI=1S/C14H15FN6O2/c15-7-9(14(23-12(7)22)4-2-1-3-5-14)21-6-18-8-10(16)19-13(17)20-11(8)21/h6H,1-5H2,(H4,16,17,19,20). The molecule has 0 bridgehead atoms. The average molecular weight is 318 g/mol. The molecule has 1 aliphatic heterocycles. The van der Waals surface area contributed by atoms with Gasteiger partial charge in [-0.15, -0.1) is 0 Å². The number of imidazole rings is 1. The smallest absolute Gasteiger partial charge is 0.370 e. The van der Waals surface area contributed by atoms with Gasteiger partial charge >= 0.3 is 5.97 Å². The van der Waals surface area contributed by atoms with Crippen LogP contribution in [0.4, 0.5) is 16.2 Å². The zero-order valence-corrected chi connectivity index (χ0v) is 12.3. The first-order valence-corrected chi connectivity index (χ1v) is 7.42. The maximum Gasteiger partial charge on any atom is 0.370 e. The van der Waals surface area contributed by atoms with Crippen LogP contribution in [0, 0.1) is 0 Å². The third kappa shape index (κ3) is 1.89. The minimum atomic E-state index is -0.971. The highest BCUT2D eigenvalue weighted by Crippen LogP contribution is 2.47. The van der Waals surface area contributed by atoms with Gasteiger partial charge in [-0.3, -0.25) is 4.57 Å². The number of nitrogens with zero attached hydrogens (tertiary/aromatic N) is 4. The maximum atomic E-state index is 14.6. The SMILES string of the molecule is Nc1nc(N)c2ncn(C3=C(F)C(=O)OC34CCCCC4)c2n1. The molecule has 2 aliphatic rings. The second-order valence-electron chi connectivity index (χ2n) is 5.86. The van der Waals surface area contributed by atoms with Gasteiger partial charge in [-0.2, -0.15) is 14.4 Å². The zero-order chi connectivity index (χ0) is 16.2. The fraction of sp³-hybridized carbons (Fsp3) is 0.429. The molecule has 8 nitrogen and oxygen atoms in total. The first-order chi connectivity index (χ1) is 11.0. The van der Waals surface area contributed by atoms with E-state index in [9.17, 15) is 9.18 Å². The van der Waals surface area contributed by atoms with Gasteiger partial charge in [-0.1, -0.05) is 6.42 Å². The zero-order valence-electron chi connectivity index (χ0n) is 12.3. The highest BCUT2D eigenvalue weighted by Gasteiger charge is 2.50. The van der Waals surface area contributed by atoms with Crippen LogP contribution in [0.1, 0.15) is 32.1 Å². The molecule has 0 aromatic carbocycles. The van der Waals surface area contributed by atoms with Crippen LogP contribution in [0.5, 0.6) is 0 Å². The lowest BCUT2D eigenvalue weighted by atomic mass is 9.82. The number of anilines is 2. The van der Waals surface area contributed by atoms with Gasteiger partial charge in [-0.05, 0) is 25.7 Å². The van der Waals surface area contributed by atoms with Crippen LogP contribution >= 0.6 is 0 Å². The number of carbonyl (C=O) groups is 1. The lowest BCUT2D eigenvalue weighted by Gasteiger charge is -2.34. The van der Waals surface area contributed by atoms with Crippen molar-refractivity contribution in [3.63, 3.8) is 0 Å². The molecule has 2 aromatic rings. The summed E-state index contributed by atoms with van der Waals surface area (Å²) in [4.78, 5) is 23.9. The molecule has 0 radical (unpaired) electrons. The quantitative estimate of drug-likeness (QED) is 0.762. The minimum absolute atomic E-state index is 0.0410. The van der Waals surface area contributed by atoms with Crippen LogP contribution < -0.4 is 11.5 Å². The van der Waals surface area contributed by atoms with Gasteiger partial charge < -0.3 is 16.2 Å². The van der Waals surface area contributed by atoms with Crippen LogP contribution in [-0.2, 0) is 9.53 Å². The molecule has 1 saturated carbocycles. The van der Waals surface area contributed by atoms with Crippen molar-refractivity contribution in [1.82, 2.24) is 19.5 Å². The van der Waals surface area contributed by atoms with Crippen molar-refractivity contribution in [1.29, 1.82) is 0 Å². The first kappa shape index (κ1) is 13.9. The highest BCUT2D eigenvalue weighted by molar-refractivity contribution is 6.00. The van der Waals surface area contributed by atoms with E-state index >= 15 is 0 Å². The maximum absolute atomic E-state index is 14.6. The Hall–Kier alpha value is -2.71. The van der Waals surface area contributed by atoms with Gasteiger partial charge in [-0.25, -0.2) is 9.78 Å². The summed E-state index contributed by atoms with van der Waals surface area (Å²) < 4.78 is 21.4. The Morgan fingerprint density at radius 3 is 2.70 bits per heavy atom. The molecule has 0 unspecified atom stereocenters. The van der Waals surface area contributed by atoms with Crippen molar-refractivity contribution in [2.45, 2.75) is 37.7 Å². The monoisotopic (exact) mass is 318 g/mol. The molecule has 1 aliphatic carbocycles. The van der Waals surface area contributed by atoms with E-state index in [0.29, 0.717) is 18.4 Å². The van der Waals surface area contributed by atoms with E-state index in [1.807, 2.05) is 0 Å². The number of carbonyl (C=O) groups excluding carboxylic acids is 1. The summed E-state index contributed by atoms with van der Waals surface area (Å²) in [6.45, 7) is 0. The molecule has 1 spiro atoms. The van der Waals surface area contributed by atoms with Crippen molar-refractivity contribution in [3.8, 4) is 0 Å². The van der Waals surface area contributed by atoms with Crippen LogP contribution in [0.3, 0.4) is 0 Å². The van der Waals surface area contributed by atoms with E-state index in [4.69, 9.17) is 16.2 Å². The number of esters is 1. The first-order valence-electron chi connectivity index (χ1n) is 7.42. The van der Waals surface area contributed by atoms with Crippen molar-refractivity contribution in [3.05, 3.63) is 12.2 Å². The Morgan fingerprint density at radius 2 is 1.96 bits per heavy atom. The van der Waals surface area contributed by atoms with Crippen molar-refractivity contribution in [2.24, 2.45) is 0 Å². The van der Waals surface area contributed by atoms with Crippen LogP contribution in [0.15, 0.2) is 12.2 Å². The van der Waals surface area contributed by atoms with Gasteiger partial charge in [0.2, 0.25) is 11.8 Å². The summed E-state index contributed by atoms with van der Waals surface area (Å²) in [7, 11) is 0. The Balaban J connectivity index is 1.96. The third-order valence-corrected chi connectivity index (χ3v) is 4.45. The molecule has 2 aromatic heterocycles. The second kappa shape index (κ2) is 4.64. The fourth-order valence-corrected chi connectivity index (χ4v) is 3.46. The van der Waals surface area contributed by atoms with E-state index in [1.165, 1.54) is 10.9 Å². The topological polar surface area (TPSA) is 122 Å². The number of hydrogen-bond donors (Lipinski definition) is 2. The van der Waals surface area contributed by atoms with E-state index in [2.05, 4.69) is 15.0 Å². The van der Waals surface area contributed by atoms with E-state index in [1.54, 1.807) is 0 Å². The molecule has 0 amide bonds. The summed E-state index contributed by atoms with van der Waals surface area (Å²) in [5.41, 5.74) is 11.2. The summed E-state index contributed by atoms with van der Waals surface area (Å²) >= 11 is 0. The second-order valence-corrected chi connectivity index (χ2v) is 5.86. The van der Waals surface area contributed by atoms with Crippen LogP contribution in [0.2, 0.25) is 0 Å². The Bertz CT molecular complexity index is 852. The largest absolute Gasteiger partial charge is 0.447 e. The molecule has 9 heteroatoms. The van der Waals surface area contributed by atoms with Crippen molar-refractivity contribution in [2.75, 3.05) is 11.5 Å². The van der Waals surface area contributed by atoms with E-state index in [0.717, 1.165) is 19.3 Å². The number of fused-ring (bicyclic) bond motifs is 1. The number of rotatable bonds is 1. The molecule has 1 fully saturated rings. The normalized spacial score (nSPS) is 20.5. The molecule has 4 rings (SSSR count). The molecular formula is C14H15FN6O2. The Morgan fingerprint density at radius 1 is 1.22 bits per heavy atom. The molecule has 120 valence electrons. The lowest BCUT2D eigenvalue weighted by molar-refractivity contribution is -0.149. The fourth-order valence-electron chi connectivity index (χ4n) is 3.46. The van der Waals surface area contributed by atoms with Crippen molar-refractivity contribution >= 4 is 34.6 Å². The third-order valence-electron chi connectivity index (χ3n) is 4.45. The average Bonchev–Trinajstić information content (AvgIpc) is 3.00. The van der Waals surface area contributed by atoms with Crippen molar-refractivity contribution < 1.29 is 13.9 Å².